The second-order valence-corrected chi connectivity index (χ2v) is 7.75. The molecule has 0 aliphatic heterocycles. The molecule has 3 rings (SSSR count). The Bertz CT molecular complexity index is 1210. The fourth-order valence-electron chi connectivity index (χ4n) is 2.93. The molecule has 2 N–H and O–H groups in total. The predicted molar refractivity (Wildman–Crippen MR) is 126 cm³/mol. The van der Waals surface area contributed by atoms with Gasteiger partial charge in [0.2, 0.25) is 0 Å². The van der Waals surface area contributed by atoms with Gasteiger partial charge in [0.25, 0.3) is 17.5 Å². The van der Waals surface area contributed by atoms with Crippen molar-refractivity contribution in [2.24, 2.45) is 0 Å². The van der Waals surface area contributed by atoms with E-state index in [0.717, 1.165) is 11.8 Å². The van der Waals surface area contributed by atoms with Gasteiger partial charge in [-0.15, -0.1) is 0 Å². The van der Waals surface area contributed by atoms with Crippen LogP contribution in [0.15, 0.2) is 60.7 Å². The summed E-state index contributed by atoms with van der Waals surface area (Å²) >= 11 is 12.3. The highest BCUT2D eigenvalue weighted by Gasteiger charge is 2.18. The minimum Gasteiger partial charge on any atom is -0.376 e. The average molecular weight is 473 g/mol. The van der Waals surface area contributed by atoms with E-state index in [1.807, 2.05) is 19.0 Å². The van der Waals surface area contributed by atoms with Crippen molar-refractivity contribution >= 4 is 57.8 Å². The number of nitro benzene ring substituents is 1. The van der Waals surface area contributed by atoms with Gasteiger partial charge in [-0.2, -0.15) is 0 Å². The summed E-state index contributed by atoms with van der Waals surface area (Å²) in [5.74, 6) is -1.06. The molecule has 8 nitrogen and oxygen atoms in total. The largest absolute Gasteiger partial charge is 0.376 e. The Balaban J connectivity index is 1.81. The van der Waals surface area contributed by atoms with Gasteiger partial charge >= 0.3 is 0 Å². The van der Waals surface area contributed by atoms with Gasteiger partial charge in [0, 0.05) is 31.9 Å². The highest BCUT2D eigenvalue weighted by atomic mass is 35.5. The molecule has 0 saturated heterocycles. The maximum absolute atomic E-state index is 12.9. The molecule has 0 bridgehead atoms. The first-order chi connectivity index (χ1) is 15.2. The summed E-state index contributed by atoms with van der Waals surface area (Å²) in [4.78, 5) is 37.6. The summed E-state index contributed by atoms with van der Waals surface area (Å²) in [5.41, 5.74) is 1.57. The number of nitro groups is 1. The van der Waals surface area contributed by atoms with Gasteiger partial charge in [0.15, 0.2) is 0 Å². The lowest BCUT2D eigenvalue weighted by Gasteiger charge is -2.16. The van der Waals surface area contributed by atoms with Gasteiger partial charge in [-0.1, -0.05) is 35.3 Å². The van der Waals surface area contributed by atoms with Crippen molar-refractivity contribution in [1.29, 1.82) is 0 Å². The molecule has 0 aromatic heterocycles. The van der Waals surface area contributed by atoms with Gasteiger partial charge in [-0.25, -0.2) is 0 Å². The van der Waals surface area contributed by atoms with Crippen molar-refractivity contribution in [2.75, 3.05) is 29.6 Å². The van der Waals surface area contributed by atoms with E-state index in [2.05, 4.69) is 10.6 Å². The number of anilines is 3. The molecule has 32 heavy (non-hydrogen) atoms. The molecule has 0 aliphatic rings. The van der Waals surface area contributed by atoms with E-state index in [0.29, 0.717) is 10.7 Å². The summed E-state index contributed by atoms with van der Waals surface area (Å²) in [6.07, 6.45) is 0. The molecule has 0 unspecified atom stereocenters. The molecular formula is C22H18Cl2N4O4. The lowest BCUT2D eigenvalue weighted by atomic mass is 10.1. The van der Waals surface area contributed by atoms with Crippen molar-refractivity contribution < 1.29 is 14.5 Å². The molecule has 0 aliphatic carbocycles. The second-order valence-electron chi connectivity index (χ2n) is 6.94. The number of para-hydroxylation sites is 1. The Morgan fingerprint density at radius 1 is 0.875 bits per heavy atom. The normalized spacial score (nSPS) is 10.4. The van der Waals surface area contributed by atoms with Crippen LogP contribution < -0.4 is 15.5 Å². The first-order valence-corrected chi connectivity index (χ1v) is 10.1. The Morgan fingerprint density at radius 3 is 2.19 bits per heavy atom. The fraction of sp³-hybridized carbons (Fsp3) is 0.0909. The van der Waals surface area contributed by atoms with Crippen molar-refractivity contribution in [1.82, 2.24) is 0 Å². The Labute approximate surface area is 193 Å². The van der Waals surface area contributed by atoms with E-state index < -0.39 is 16.7 Å². The second kappa shape index (κ2) is 9.67. The van der Waals surface area contributed by atoms with Crippen LogP contribution in [0.4, 0.5) is 22.7 Å². The first kappa shape index (κ1) is 23.1. The minimum atomic E-state index is -0.608. The molecular weight excluding hydrogens is 455 g/mol. The highest BCUT2D eigenvalue weighted by Crippen LogP contribution is 2.28. The topological polar surface area (TPSA) is 105 Å². The number of benzene rings is 3. The van der Waals surface area contributed by atoms with Crippen LogP contribution in [-0.2, 0) is 0 Å². The van der Waals surface area contributed by atoms with Crippen molar-refractivity contribution in [3.63, 3.8) is 0 Å². The third-order valence-electron chi connectivity index (χ3n) is 4.52. The lowest BCUT2D eigenvalue weighted by molar-refractivity contribution is -0.384. The van der Waals surface area contributed by atoms with Crippen LogP contribution >= 0.6 is 23.2 Å². The summed E-state index contributed by atoms with van der Waals surface area (Å²) in [6.45, 7) is 0. The predicted octanol–water partition coefficient (Wildman–Crippen LogP) is 5.47. The number of hydrogen-bond acceptors (Lipinski definition) is 5. The van der Waals surface area contributed by atoms with Crippen LogP contribution in [0.25, 0.3) is 0 Å². The van der Waals surface area contributed by atoms with Gasteiger partial charge in [0.05, 0.1) is 37.5 Å². The number of halogens is 2. The van der Waals surface area contributed by atoms with Gasteiger partial charge < -0.3 is 15.5 Å². The fourth-order valence-corrected chi connectivity index (χ4v) is 3.54. The van der Waals surface area contributed by atoms with E-state index in [1.165, 1.54) is 12.1 Å². The van der Waals surface area contributed by atoms with Crippen LogP contribution in [0.5, 0.6) is 0 Å². The van der Waals surface area contributed by atoms with Crippen LogP contribution in [0, 0.1) is 10.1 Å². The highest BCUT2D eigenvalue weighted by molar-refractivity contribution is 6.35. The Morgan fingerprint density at radius 2 is 1.56 bits per heavy atom. The lowest BCUT2D eigenvalue weighted by Crippen LogP contribution is -2.18. The minimum absolute atomic E-state index is 0.0403. The maximum Gasteiger partial charge on any atom is 0.270 e. The van der Waals surface area contributed by atoms with Crippen LogP contribution in [0.3, 0.4) is 0 Å². The van der Waals surface area contributed by atoms with Crippen LogP contribution in [0.2, 0.25) is 10.0 Å². The summed E-state index contributed by atoms with van der Waals surface area (Å²) in [7, 11) is 3.71. The zero-order valence-corrected chi connectivity index (χ0v) is 18.6. The zero-order chi connectivity index (χ0) is 23.4. The molecule has 0 fully saturated rings. The van der Waals surface area contributed by atoms with E-state index in [-0.39, 0.29) is 27.5 Å². The molecule has 164 valence electrons. The summed E-state index contributed by atoms with van der Waals surface area (Å²) in [6, 6.07) is 15.1. The Hall–Kier alpha value is -3.62. The number of rotatable bonds is 6. The first-order valence-electron chi connectivity index (χ1n) is 9.30. The van der Waals surface area contributed by atoms with Crippen LogP contribution in [-0.4, -0.2) is 30.8 Å². The van der Waals surface area contributed by atoms with E-state index in [1.54, 1.807) is 42.5 Å². The van der Waals surface area contributed by atoms with E-state index in [9.17, 15) is 19.7 Å². The number of non-ortho nitro benzene ring substituents is 1. The third-order valence-corrected chi connectivity index (χ3v) is 5.13. The number of nitrogens with zero attached hydrogens (tertiary/aromatic N) is 2. The quantitative estimate of drug-likeness (QED) is 0.365. The third kappa shape index (κ3) is 5.16. The SMILES string of the molecule is CN(C)c1ccc(NC(=O)c2ccccc2NC(=O)c2ccc([N+](=O)[O-])cc2Cl)cc1Cl. The van der Waals surface area contributed by atoms with Crippen LogP contribution in [0.1, 0.15) is 20.7 Å². The number of nitrogens with one attached hydrogen (secondary N) is 2. The number of carbonyl (C=O) groups is 2. The van der Waals surface area contributed by atoms with E-state index in [4.69, 9.17) is 23.2 Å². The van der Waals surface area contributed by atoms with Gasteiger partial charge in [-0.3, -0.25) is 19.7 Å². The van der Waals surface area contributed by atoms with Crippen molar-refractivity contribution in [3.8, 4) is 0 Å². The monoisotopic (exact) mass is 472 g/mol. The van der Waals surface area contributed by atoms with E-state index >= 15 is 0 Å². The molecule has 0 radical (unpaired) electrons. The molecule has 0 spiro atoms. The number of amides is 2. The van der Waals surface area contributed by atoms with Crippen molar-refractivity contribution in [3.05, 3.63) is 92.0 Å². The summed E-state index contributed by atoms with van der Waals surface area (Å²) < 4.78 is 0. The van der Waals surface area contributed by atoms with Gasteiger partial charge in [0.1, 0.15) is 0 Å². The average Bonchev–Trinajstić information content (AvgIpc) is 2.73. The standard InChI is InChI=1S/C22H18Cl2N4O4/c1-27(2)20-10-7-13(11-18(20)24)25-22(30)16-5-3-4-6-19(16)26-21(29)15-9-8-14(28(31)32)12-17(15)23/h3-12H,1-2H3,(H,25,30)(H,26,29). The number of carbonyl (C=O) groups excluding carboxylic acids is 2. The molecule has 0 heterocycles. The Kier molecular flexibility index (Phi) is 6.97. The molecule has 3 aromatic carbocycles. The zero-order valence-electron chi connectivity index (χ0n) is 17.1. The molecule has 3 aromatic rings. The number of hydrogen-bond donors (Lipinski definition) is 2. The molecule has 0 atom stereocenters. The maximum atomic E-state index is 12.9. The molecule has 0 saturated carbocycles. The smallest absolute Gasteiger partial charge is 0.270 e. The van der Waals surface area contributed by atoms with Gasteiger partial charge in [-0.05, 0) is 36.4 Å². The van der Waals surface area contributed by atoms with Crippen molar-refractivity contribution in [2.45, 2.75) is 0 Å². The summed E-state index contributed by atoms with van der Waals surface area (Å²) in [5, 5.41) is 16.6. The molecule has 2 amide bonds. The molecule has 10 heteroatoms.